The maximum atomic E-state index is 6.66. The standard InChI is InChI=1S/C52H32N2O/c1-2-12-39(13-3-1)53-47-16-8-6-14-41(47)43-24-19-35(29-49(43)53)37-21-26-45-46-27-22-38(32-52(46)55-51(45)31-37)36-20-25-44-42-15-7-9-17-48(42)54(50(44)30-36)40-23-18-33-10-4-5-11-34(33)28-40/h1-32H. The second kappa shape index (κ2) is 11.6. The largest absolute Gasteiger partial charge is 0.456 e. The van der Waals surface area contributed by atoms with E-state index in [9.17, 15) is 0 Å². The Hall–Kier alpha value is -7.36. The topological polar surface area (TPSA) is 23.0 Å². The Morgan fingerprint density at radius 1 is 0.273 bits per heavy atom. The molecule has 0 fully saturated rings. The van der Waals surface area contributed by atoms with Crippen LogP contribution in [0.1, 0.15) is 0 Å². The molecule has 0 saturated heterocycles. The fourth-order valence-electron chi connectivity index (χ4n) is 8.89. The summed E-state index contributed by atoms with van der Waals surface area (Å²) in [6.45, 7) is 0. The Kier molecular flexibility index (Phi) is 6.34. The minimum Gasteiger partial charge on any atom is -0.456 e. The monoisotopic (exact) mass is 700 g/mol. The van der Waals surface area contributed by atoms with Crippen LogP contribution in [0, 0.1) is 0 Å². The summed E-state index contributed by atoms with van der Waals surface area (Å²) in [4.78, 5) is 0. The zero-order valence-electron chi connectivity index (χ0n) is 29.8. The summed E-state index contributed by atoms with van der Waals surface area (Å²) in [6.07, 6.45) is 0. The van der Waals surface area contributed by atoms with Gasteiger partial charge in [0, 0.05) is 43.7 Å². The van der Waals surface area contributed by atoms with Crippen molar-refractivity contribution in [3.8, 4) is 33.6 Å². The third-order valence-electron chi connectivity index (χ3n) is 11.5. The number of nitrogens with zero attached hydrogens (tertiary/aromatic N) is 2. The van der Waals surface area contributed by atoms with Gasteiger partial charge in [-0.05, 0) is 106 Å². The van der Waals surface area contributed by atoms with Crippen molar-refractivity contribution in [1.82, 2.24) is 9.13 Å². The number of hydrogen-bond acceptors (Lipinski definition) is 1. The molecule has 0 radical (unpaired) electrons. The van der Waals surface area contributed by atoms with Crippen LogP contribution in [0.3, 0.4) is 0 Å². The van der Waals surface area contributed by atoms with Crippen LogP contribution in [-0.4, -0.2) is 9.13 Å². The van der Waals surface area contributed by atoms with E-state index in [4.69, 9.17) is 4.42 Å². The maximum absolute atomic E-state index is 6.66. The number of fused-ring (bicyclic) bond motifs is 10. The fraction of sp³-hybridized carbons (Fsp3) is 0. The molecule has 3 heterocycles. The zero-order valence-corrected chi connectivity index (χ0v) is 29.8. The zero-order chi connectivity index (χ0) is 36.0. The Labute approximate surface area is 316 Å². The summed E-state index contributed by atoms with van der Waals surface area (Å²) in [5.74, 6) is 0. The molecule has 0 bridgehead atoms. The Balaban J connectivity index is 0.970. The molecule has 3 aromatic heterocycles. The molecule has 0 aliphatic heterocycles. The van der Waals surface area contributed by atoms with Crippen molar-refractivity contribution in [3.63, 3.8) is 0 Å². The lowest BCUT2D eigenvalue weighted by atomic mass is 10.00. The van der Waals surface area contributed by atoms with Crippen LogP contribution in [0.15, 0.2) is 199 Å². The average Bonchev–Trinajstić information content (AvgIpc) is 3.90. The lowest BCUT2D eigenvalue weighted by Gasteiger charge is -2.10. The number of aromatic nitrogens is 2. The summed E-state index contributed by atoms with van der Waals surface area (Å²) < 4.78 is 11.4. The Morgan fingerprint density at radius 3 is 1.33 bits per heavy atom. The van der Waals surface area contributed by atoms with E-state index in [0.29, 0.717) is 0 Å². The predicted molar refractivity (Wildman–Crippen MR) is 231 cm³/mol. The maximum Gasteiger partial charge on any atom is 0.136 e. The first-order chi connectivity index (χ1) is 27.2. The predicted octanol–water partition coefficient (Wildman–Crippen LogP) is 14.3. The fourth-order valence-corrected chi connectivity index (χ4v) is 8.89. The molecule has 3 nitrogen and oxygen atoms in total. The molecule has 0 N–H and O–H groups in total. The highest BCUT2D eigenvalue weighted by Gasteiger charge is 2.17. The number of rotatable bonds is 4. The molecule has 9 aromatic carbocycles. The highest BCUT2D eigenvalue weighted by Crippen LogP contribution is 2.40. The molecule has 3 heteroatoms. The molecular weight excluding hydrogens is 669 g/mol. The lowest BCUT2D eigenvalue weighted by molar-refractivity contribution is 0.669. The van der Waals surface area contributed by atoms with Gasteiger partial charge in [0.25, 0.3) is 0 Å². The van der Waals surface area contributed by atoms with Gasteiger partial charge in [-0.15, -0.1) is 0 Å². The van der Waals surface area contributed by atoms with Crippen LogP contribution in [-0.2, 0) is 0 Å². The molecular formula is C52H32N2O. The number of benzene rings is 9. The second-order valence-corrected chi connectivity index (χ2v) is 14.6. The van der Waals surface area contributed by atoms with Crippen LogP contribution in [0.25, 0.3) is 110 Å². The van der Waals surface area contributed by atoms with E-state index in [1.807, 2.05) is 0 Å². The first kappa shape index (κ1) is 30.1. The van der Waals surface area contributed by atoms with E-state index in [1.54, 1.807) is 0 Å². The molecule has 0 atom stereocenters. The first-order valence-corrected chi connectivity index (χ1v) is 18.8. The van der Waals surface area contributed by atoms with Gasteiger partial charge in [0.2, 0.25) is 0 Å². The van der Waals surface area contributed by atoms with E-state index in [-0.39, 0.29) is 0 Å². The first-order valence-electron chi connectivity index (χ1n) is 18.8. The molecule has 0 unspecified atom stereocenters. The van der Waals surface area contributed by atoms with Crippen LogP contribution >= 0.6 is 0 Å². The van der Waals surface area contributed by atoms with Crippen LogP contribution in [0.4, 0.5) is 0 Å². The summed E-state index contributed by atoms with van der Waals surface area (Å²) in [6, 6.07) is 70.2. The normalized spacial score (nSPS) is 12.0. The van der Waals surface area contributed by atoms with E-state index in [0.717, 1.165) is 55.6 Å². The third kappa shape index (κ3) is 4.57. The smallest absolute Gasteiger partial charge is 0.136 e. The average molecular weight is 701 g/mol. The minimum absolute atomic E-state index is 0.888. The van der Waals surface area contributed by atoms with Crippen molar-refractivity contribution < 1.29 is 4.42 Å². The summed E-state index contributed by atoms with van der Waals surface area (Å²) in [5, 5.41) is 9.71. The van der Waals surface area contributed by atoms with Crippen LogP contribution < -0.4 is 0 Å². The highest BCUT2D eigenvalue weighted by molar-refractivity contribution is 6.12. The van der Waals surface area contributed by atoms with Crippen molar-refractivity contribution in [2.24, 2.45) is 0 Å². The van der Waals surface area contributed by atoms with Crippen molar-refractivity contribution in [3.05, 3.63) is 194 Å². The lowest BCUT2D eigenvalue weighted by Crippen LogP contribution is -1.94. The molecule has 0 aliphatic carbocycles. The van der Waals surface area contributed by atoms with Gasteiger partial charge in [-0.1, -0.05) is 121 Å². The van der Waals surface area contributed by atoms with E-state index < -0.39 is 0 Å². The van der Waals surface area contributed by atoms with Crippen molar-refractivity contribution >= 4 is 76.3 Å². The van der Waals surface area contributed by atoms with Gasteiger partial charge in [-0.25, -0.2) is 0 Å². The van der Waals surface area contributed by atoms with Gasteiger partial charge in [-0.3, -0.25) is 0 Å². The van der Waals surface area contributed by atoms with Gasteiger partial charge in [0.05, 0.1) is 22.1 Å². The van der Waals surface area contributed by atoms with Gasteiger partial charge < -0.3 is 13.6 Å². The van der Waals surface area contributed by atoms with Gasteiger partial charge >= 0.3 is 0 Å². The molecule has 55 heavy (non-hydrogen) atoms. The quantitative estimate of drug-likeness (QED) is 0.179. The van der Waals surface area contributed by atoms with E-state index in [1.165, 1.54) is 54.4 Å². The Morgan fingerprint density at radius 2 is 0.727 bits per heavy atom. The molecule has 0 amide bonds. The summed E-state index contributed by atoms with van der Waals surface area (Å²) in [7, 11) is 0. The molecule has 0 aliphatic rings. The molecule has 0 spiro atoms. The summed E-state index contributed by atoms with van der Waals surface area (Å²) in [5.41, 5.74) is 13.5. The van der Waals surface area contributed by atoms with Crippen LogP contribution in [0.2, 0.25) is 0 Å². The second-order valence-electron chi connectivity index (χ2n) is 14.6. The number of furan rings is 1. The van der Waals surface area contributed by atoms with Crippen LogP contribution in [0.5, 0.6) is 0 Å². The van der Waals surface area contributed by atoms with Crippen molar-refractivity contribution in [1.29, 1.82) is 0 Å². The van der Waals surface area contributed by atoms with Gasteiger partial charge in [0.1, 0.15) is 11.2 Å². The third-order valence-corrected chi connectivity index (χ3v) is 11.5. The number of para-hydroxylation sites is 3. The van der Waals surface area contributed by atoms with Crippen molar-refractivity contribution in [2.45, 2.75) is 0 Å². The van der Waals surface area contributed by atoms with Gasteiger partial charge in [-0.2, -0.15) is 0 Å². The van der Waals surface area contributed by atoms with E-state index >= 15 is 0 Å². The van der Waals surface area contributed by atoms with Gasteiger partial charge in [0.15, 0.2) is 0 Å². The summed E-state index contributed by atoms with van der Waals surface area (Å²) >= 11 is 0. The minimum atomic E-state index is 0.888. The molecule has 0 saturated carbocycles. The number of hydrogen-bond donors (Lipinski definition) is 0. The molecule has 12 aromatic rings. The van der Waals surface area contributed by atoms with Crippen molar-refractivity contribution in [2.75, 3.05) is 0 Å². The SMILES string of the molecule is c1ccc(-n2c3ccccc3c3ccc(-c4ccc5c(c4)oc4cc(-c6ccc7c8ccccc8n(-c8ccc9ccccc9c8)c7c6)ccc45)cc32)cc1. The Bertz CT molecular complexity index is 3490. The molecule has 256 valence electrons. The highest BCUT2D eigenvalue weighted by atomic mass is 16.3. The molecule has 12 rings (SSSR count). The van der Waals surface area contributed by atoms with E-state index in [2.05, 4.69) is 203 Å².